The van der Waals surface area contributed by atoms with Crippen LogP contribution in [0.15, 0.2) is 12.4 Å². The Morgan fingerprint density at radius 1 is 1.59 bits per heavy atom. The molecule has 0 saturated carbocycles. The smallest absolute Gasteiger partial charge is 0.224 e. The molecule has 2 heterocycles. The van der Waals surface area contributed by atoms with Crippen molar-refractivity contribution in [1.82, 2.24) is 25.2 Å². The number of carbonyl (C=O) groups is 1. The molecule has 1 aliphatic rings. The van der Waals surface area contributed by atoms with E-state index in [1.165, 1.54) is 0 Å². The van der Waals surface area contributed by atoms with E-state index in [1.807, 2.05) is 11.9 Å². The highest BCUT2D eigenvalue weighted by molar-refractivity contribution is 5.76. The van der Waals surface area contributed by atoms with Crippen molar-refractivity contribution in [3.05, 3.63) is 12.4 Å². The number of hydrogen-bond donors (Lipinski definition) is 1. The lowest BCUT2D eigenvalue weighted by molar-refractivity contribution is -0.132. The molecule has 1 unspecified atom stereocenters. The van der Waals surface area contributed by atoms with E-state index in [0.717, 1.165) is 25.9 Å². The van der Waals surface area contributed by atoms with E-state index in [9.17, 15) is 4.79 Å². The third kappa shape index (κ3) is 3.03. The van der Waals surface area contributed by atoms with Gasteiger partial charge in [0.2, 0.25) is 5.91 Å². The molecule has 17 heavy (non-hydrogen) atoms. The van der Waals surface area contributed by atoms with Crippen LogP contribution in [0.2, 0.25) is 0 Å². The van der Waals surface area contributed by atoms with Crippen molar-refractivity contribution >= 4 is 5.91 Å². The van der Waals surface area contributed by atoms with Crippen molar-refractivity contribution in [3.8, 4) is 0 Å². The summed E-state index contributed by atoms with van der Waals surface area (Å²) < 4.78 is 1.70. The predicted octanol–water partition coefficient (Wildman–Crippen LogP) is -0.121. The van der Waals surface area contributed by atoms with E-state index in [2.05, 4.69) is 15.6 Å². The van der Waals surface area contributed by atoms with Crippen LogP contribution >= 0.6 is 0 Å². The molecule has 6 nitrogen and oxygen atoms in total. The first-order chi connectivity index (χ1) is 8.31. The molecular formula is C11H19N5O. The second-order valence-corrected chi connectivity index (χ2v) is 4.36. The predicted molar refractivity (Wildman–Crippen MR) is 63.3 cm³/mol. The average molecular weight is 237 g/mol. The van der Waals surface area contributed by atoms with Gasteiger partial charge in [-0.25, -0.2) is 0 Å². The number of aryl methyl sites for hydroxylation is 1. The van der Waals surface area contributed by atoms with Crippen molar-refractivity contribution in [3.63, 3.8) is 0 Å². The molecule has 0 bridgehead atoms. The number of carbonyl (C=O) groups excluding carboxylic acids is 1. The zero-order valence-electron chi connectivity index (χ0n) is 10.2. The minimum Gasteiger partial charge on any atom is -0.338 e. The van der Waals surface area contributed by atoms with Gasteiger partial charge in [0.25, 0.3) is 0 Å². The number of likely N-dealkylation sites (N-methyl/N-ethyl adjacent to an activating group) is 1. The van der Waals surface area contributed by atoms with E-state index in [0.29, 0.717) is 19.0 Å². The Bertz CT molecular complexity index is 351. The number of hydrogen-bond acceptors (Lipinski definition) is 4. The lowest BCUT2D eigenvalue weighted by Crippen LogP contribution is -2.41. The molecule has 1 N–H and O–H groups in total. The Labute approximate surface area is 101 Å². The van der Waals surface area contributed by atoms with Gasteiger partial charge in [-0.05, 0) is 19.9 Å². The van der Waals surface area contributed by atoms with Crippen molar-refractivity contribution in [1.29, 1.82) is 0 Å². The van der Waals surface area contributed by atoms with Gasteiger partial charge in [0, 0.05) is 31.7 Å². The topological polar surface area (TPSA) is 63.1 Å². The second-order valence-electron chi connectivity index (χ2n) is 4.36. The van der Waals surface area contributed by atoms with Crippen molar-refractivity contribution in [2.75, 3.05) is 20.1 Å². The van der Waals surface area contributed by atoms with Gasteiger partial charge < -0.3 is 10.2 Å². The van der Waals surface area contributed by atoms with Crippen LogP contribution in [-0.4, -0.2) is 52.0 Å². The normalized spacial score (nSPS) is 19.8. The van der Waals surface area contributed by atoms with E-state index in [1.54, 1.807) is 17.1 Å². The van der Waals surface area contributed by atoms with Crippen molar-refractivity contribution in [2.45, 2.75) is 31.8 Å². The maximum atomic E-state index is 12.1. The lowest BCUT2D eigenvalue weighted by Gasteiger charge is -2.24. The molecule has 0 aliphatic carbocycles. The number of nitrogens with one attached hydrogen (secondary N) is 1. The van der Waals surface area contributed by atoms with Gasteiger partial charge in [-0.3, -0.25) is 9.48 Å². The highest BCUT2D eigenvalue weighted by atomic mass is 16.2. The van der Waals surface area contributed by atoms with Gasteiger partial charge in [-0.2, -0.15) is 0 Å². The zero-order valence-corrected chi connectivity index (χ0v) is 10.2. The third-order valence-corrected chi connectivity index (χ3v) is 3.16. The molecule has 1 amide bonds. The van der Waals surface area contributed by atoms with Gasteiger partial charge in [0.1, 0.15) is 0 Å². The number of nitrogens with zero attached hydrogens (tertiary/aromatic N) is 4. The van der Waals surface area contributed by atoms with Crippen LogP contribution in [0.1, 0.15) is 19.3 Å². The number of aromatic nitrogens is 3. The van der Waals surface area contributed by atoms with Gasteiger partial charge in [-0.1, -0.05) is 5.21 Å². The van der Waals surface area contributed by atoms with E-state index < -0.39 is 0 Å². The summed E-state index contributed by atoms with van der Waals surface area (Å²) in [6.45, 7) is 2.39. The summed E-state index contributed by atoms with van der Waals surface area (Å²) in [5.74, 6) is 0.221. The second kappa shape index (κ2) is 5.77. The summed E-state index contributed by atoms with van der Waals surface area (Å²) in [6, 6.07) is 0.364. The molecule has 0 aromatic carbocycles. The van der Waals surface area contributed by atoms with Gasteiger partial charge in [0.15, 0.2) is 0 Å². The summed E-state index contributed by atoms with van der Waals surface area (Å²) in [6.07, 6.45) is 6.13. The zero-order chi connectivity index (χ0) is 12.1. The van der Waals surface area contributed by atoms with Crippen LogP contribution < -0.4 is 5.32 Å². The van der Waals surface area contributed by atoms with Gasteiger partial charge >= 0.3 is 0 Å². The molecule has 0 radical (unpaired) electrons. The quantitative estimate of drug-likeness (QED) is 0.775. The standard InChI is InChI=1S/C11H19N5O/c1-12-9-10-3-2-6-16(10)11(17)4-7-15-8-5-13-14-15/h5,8,10,12H,2-4,6-7,9H2,1H3. The van der Waals surface area contributed by atoms with E-state index in [-0.39, 0.29) is 5.91 Å². The van der Waals surface area contributed by atoms with Crippen LogP contribution in [0.25, 0.3) is 0 Å². The fourth-order valence-electron chi connectivity index (χ4n) is 2.32. The third-order valence-electron chi connectivity index (χ3n) is 3.16. The van der Waals surface area contributed by atoms with Gasteiger partial charge in [-0.15, -0.1) is 5.10 Å². The SMILES string of the molecule is CNCC1CCCN1C(=O)CCn1ccnn1. The lowest BCUT2D eigenvalue weighted by atomic mass is 10.2. The highest BCUT2D eigenvalue weighted by Crippen LogP contribution is 2.17. The molecule has 6 heteroatoms. The molecule has 1 atom stereocenters. The Morgan fingerprint density at radius 2 is 2.47 bits per heavy atom. The summed E-state index contributed by atoms with van der Waals surface area (Å²) in [7, 11) is 1.93. The average Bonchev–Trinajstić information content (AvgIpc) is 2.97. The number of amides is 1. The van der Waals surface area contributed by atoms with Gasteiger partial charge in [0.05, 0.1) is 12.7 Å². The van der Waals surface area contributed by atoms with Crippen LogP contribution in [0.4, 0.5) is 0 Å². The summed E-state index contributed by atoms with van der Waals surface area (Å²) in [4.78, 5) is 14.1. The molecule has 1 aromatic heterocycles. The number of likely N-dealkylation sites (tertiary alicyclic amines) is 1. The molecule has 1 aliphatic heterocycles. The Morgan fingerprint density at radius 3 is 3.18 bits per heavy atom. The minimum atomic E-state index is 0.221. The molecular weight excluding hydrogens is 218 g/mol. The van der Waals surface area contributed by atoms with Crippen LogP contribution in [0.5, 0.6) is 0 Å². The van der Waals surface area contributed by atoms with E-state index >= 15 is 0 Å². The maximum Gasteiger partial charge on any atom is 0.224 e. The molecule has 2 rings (SSSR count). The molecule has 1 fully saturated rings. The fraction of sp³-hybridized carbons (Fsp3) is 0.727. The molecule has 94 valence electrons. The van der Waals surface area contributed by atoms with Crippen LogP contribution in [0.3, 0.4) is 0 Å². The molecule has 1 saturated heterocycles. The summed E-state index contributed by atoms with van der Waals surface area (Å²) in [5, 5.41) is 10.7. The molecule has 1 aromatic rings. The Balaban J connectivity index is 1.82. The first kappa shape index (κ1) is 12.0. The first-order valence-electron chi connectivity index (χ1n) is 6.09. The minimum absolute atomic E-state index is 0.221. The maximum absolute atomic E-state index is 12.1. The van der Waals surface area contributed by atoms with E-state index in [4.69, 9.17) is 0 Å². The Kier molecular flexibility index (Phi) is 4.08. The largest absolute Gasteiger partial charge is 0.338 e. The first-order valence-corrected chi connectivity index (χ1v) is 6.09. The molecule has 0 spiro atoms. The van der Waals surface area contributed by atoms with Crippen LogP contribution in [0, 0.1) is 0 Å². The Hall–Kier alpha value is -1.43. The van der Waals surface area contributed by atoms with Crippen molar-refractivity contribution < 1.29 is 4.79 Å². The van der Waals surface area contributed by atoms with Crippen molar-refractivity contribution in [2.24, 2.45) is 0 Å². The van der Waals surface area contributed by atoms with Crippen LogP contribution in [-0.2, 0) is 11.3 Å². The summed E-state index contributed by atoms with van der Waals surface area (Å²) in [5.41, 5.74) is 0. The fourth-order valence-corrected chi connectivity index (χ4v) is 2.32. The monoisotopic (exact) mass is 237 g/mol. The summed E-state index contributed by atoms with van der Waals surface area (Å²) >= 11 is 0. The highest BCUT2D eigenvalue weighted by Gasteiger charge is 2.27. The number of rotatable bonds is 5.